The molecular formula is C49H40N3OsPS2+. The van der Waals surface area contributed by atoms with E-state index in [2.05, 4.69) is 175 Å². The van der Waals surface area contributed by atoms with Gasteiger partial charge in [0.15, 0.2) is 0 Å². The summed E-state index contributed by atoms with van der Waals surface area (Å²) in [6.07, 6.45) is 12.2. The molecule has 0 aliphatic heterocycles. The summed E-state index contributed by atoms with van der Waals surface area (Å²) in [7, 11) is -0.538. The Labute approximate surface area is 348 Å². The fourth-order valence-corrected chi connectivity index (χ4v) is 15.3. The van der Waals surface area contributed by atoms with Crippen molar-refractivity contribution in [1.29, 1.82) is 0 Å². The van der Waals surface area contributed by atoms with Crippen LogP contribution < -0.4 is 15.9 Å². The van der Waals surface area contributed by atoms with Crippen molar-refractivity contribution in [3.8, 4) is 37.1 Å². The van der Waals surface area contributed by atoms with Crippen LogP contribution in [0, 0.1) is 16.2 Å². The third-order valence-electron chi connectivity index (χ3n) is 10.1. The zero-order valence-electron chi connectivity index (χ0n) is 31.5. The van der Waals surface area contributed by atoms with Crippen LogP contribution in [0.3, 0.4) is 0 Å². The van der Waals surface area contributed by atoms with Gasteiger partial charge in [-0.1, -0.05) is 6.08 Å². The predicted molar refractivity (Wildman–Crippen MR) is 238 cm³/mol. The maximum absolute atomic E-state index is 4.86. The van der Waals surface area contributed by atoms with Crippen LogP contribution in [0.25, 0.3) is 38.0 Å². The Hall–Kier alpha value is -4.95. The normalized spacial score (nSPS) is 15.0. The zero-order valence-corrected chi connectivity index (χ0v) is 36.6. The molecule has 0 atom stereocenters. The summed E-state index contributed by atoms with van der Waals surface area (Å²) in [5.41, 5.74) is 7.81. The van der Waals surface area contributed by atoms with E-state index < -0.39 is 7.26 Å². The van der Waals surface area contributed by atoms with Gasteiger partial charge in [-0.2, -0.15) is 0 Å². The van der Waals surface area contributed by atoms with Gasteiger partial charge in [-0.05, 0) is 25.1 Å². The predicted octanol–water partition coefficient (Wildman–Crippen LogP) is 11.6. The monoisotopic (exact) mass is 957 g/mol. The van der Waals surface area contributed by atoms with Gasteiger partial charge in [0, 0.05) is 16.8 Å². The van der Waals surface area contributed by atoms with E-state index in [9.17, 15) is 0 Å². The molecule has 1 saturated carbocycles. The molecule has 0 spiro atoms. The fourth-order valence-electron chi connectivity index (χ4n) is 7.62. The van der Waals surface area contributed by atoms with Gasteiger partial charge in [-0.25, -0.2) is 0 Å². The second kappa shape index (κ2) is 17.0. The van der Waals surface area contributed by atoms with E-state index in [4.69, 9.17) is 10.2 Å². The molecule has 7 aromatic rings. The topological polar surface area (TPSA) is 30.7 Å². The SMILES string of the molecule is CC=C1CCCC1=CC(C#Cc1ccc(-c2ccc(-c3ccc(/C=C/C)s3)c3nn(C)nc23)s1)=C([C]#[Os])[P+](c1ccccc1)(c1ccccc1)c1ccccc1. The van der Waals surface area contributed by atoms with Crippen molar-refractivity contribution in [2.75, 3.05) is 0 Å². The number of aromatic nitrogens is 3. The minimum atomic E-state index is -2.43. The number of aryl methyl sites for hydroxylation is 1. The third-order valence-corrected chi connectivity index (χ3v) is 17.6. The molecule has 0 bridgehead atoms. The van der Waals surface area contributed by atoms with Crippen LogP contribution in [0.15, 0.2) is 168 Å². The molecule has 8 rings (SSSR count). The van der Waals surface area contributed by atoms with Crippen LogP contribution in [0.2, 0.25) is 0 Å². The van der Waals surface area contributed by atoms with E-state index in [1.807, 2.05) is 31.9 Å². The first-order valence-electron chi connectivity index (χ1n) is 18.7. The summed E-state index contributed by atoms with van der Waals surface area (Å²) < 4.78 is 3.84. The van der Waals surface area contributed by atoms with E-state index in [1.165, 1.54) is 42.1 Å². The summed E-state index contributed by atoms with van der Waals surface area (Å²) in [5.74, 6) is 7.46. The number of allylic oxidation sites excluding steroid dienone is 7. The van der Waals surface area contributed by atoms with Crippen molar-refractivity contribution in [3.63, 3.8) is 0 Å². The van der Waals surface area contributed by atoms with E-state index in [1.54, 1.807) is 27.5 Å². The average Bonchev–Trinajstić information content (AvgIpc) is 4.07. The summed E-state index contributed by atoms with van der Waals surface area (Å²) in [6, 6.07) is 46.1. The van der Waals surface area contributed by atoms with Gasteiger partial charge in [0.2, 0.25) is 0 Å². The minimum absolute atomic E-state index is 0.902. The standard InChI is InChI=1S/C49H40N3PS2.Os/c1-5-17-42-28-32-46(54-42)44-30-31-45(49-48(44)50-52(4)51-49)47-33-29-43(55-47)27-26-37(34-38-19-16-18-36(38)6-2)35(3)53(39-20-10-7-11-21-39,40-22-12-8-13-23-40)41-24-14-9-15-25-41;/h5-15,17,20-25,28-34H,16,18-19H2,1-2,4H3;/q+1;/b17-5+,36-6?,37-35?,38-34?;. The molecule has 3 nitrogen and oxygen atoms in total. The number of rotatable bonds is 8. The van der Waals surface area contributed by atoms with Gasteiger partial charge < -0.3 is 0 Å². The molecular weight excluding hydrogens is 916 g/mol. The number of hydrogen-bond acceptors (Lipinski definition) is 4. The number of thiophene rings is 2. The van der Waals surface area contributed by atoms with Gasteiger partial charge in [-0.15, -0.1) is 11.3 Å². The number of nitrogens with zero attached hydrogens (tertiary/aromatic N) is 3. The molecule has 1 aliphatic carbocycles. The first-order valence-corrected chi connectivity index (χ1v) is 23.4. The van der Waals surface area contributed by atoms with Crippen LogP contribution in [-0.2, 0) is 25.0 Å². The molecule has 0 saturated heterocycles. The quantitative estimate of drug-likeness (QED) is 0.112. The van der Waals surface area contributed by atoms with Gasteiger partial charge in [-0.3, -0.25) is 0 Å². The first-order chi connectivity index (χ1) is 27.5. The molecule has 1 aliphatic rings. The molecule has 4 aromatic carbocycles. The van der Waals surface area contributed by atoms with Crippen molar-refractivity contribution in [1.82, 2.24) is 15.0 Å². The second-order valence-electron chi connectivity index (χ2n) is 13.5. The first kappa shape index (κ1) is 37.9. The Kier molecular flexibility index (Phi) is 11.5. The average molecular weight is 956 g/mol. The van der Waals surface area contributed by atoms with Crippen molar-refractivity contribution in [2.24, 2.45) is 7.05 Å². The second-order valence-corrected chi connectivity index (χ2v) is 19.7. The Balaban J connectivity index is 1.31. The van der Waals surface area contributed by atoms with Crippen LogP contribution >= 0.6 is 29.9 Å². The van der Waals surface area contributed by atoms with E-state index in [0.717, 1.165) is 56.8 Å². The molecule has 0 radical (unpaired) electrons. The Morgan fingerprint density at radius 1 is 0.696 bits per heavy atom. The fraction of sp³-hybridized carbons (Fsp3) is 0.122. The van der Waals surface area contributed by atoms with E-state index >= 15 is 0 Å². The van der Waals surface area contributed by atoms with E-state index in [0.29, 0.717) is 0 Å². The zero-order chi connectivity index (χ0) is 38.5. The van der Waals surface area contributed by atoms with Gasteiger partial charge in [0.25, 0.3) is 0 Å². The van der Waals surface area contributed by atoms with Crippen molar-refractivity contribution in [2.45, 2.75) is 33.1 Å². The molecule has 1 fully saturated rings. The summed E-state index contributed by atoms with van der Waals surface area (Å²) >= 11 is 5.28. The molecule has 3 aromatic heterocycles. The number of fused-ring (bicyclic) bond motifs is 1. The van der Waals surface area contributed by atoms with Crippen LogP contribution in [0.1, 0.15) is 42.9 Å². The van der Waals surface area contributed by atoms with Crippen LogP contribution in [-0.4, -0.2) is 15.0 Å². The van der Waals surface area contributed by atoms with Crippen LogP contribution in [0.4, 0.5) is 0 Å². The molecule has 0 unspecified atom stereocenters. The number of benzene rings is 4. The Morgan fingerprint density at radius 3 is 1.80 bits per heavy atom. The maximum atomic E-state index is 4.86. The van der Waals surface area contributed by atoms with E-state index in [-0.39, 0.29) is 0 Å². The summed E-state index contributed by atoms with van der Waals surface area (Å²) in [4.78, 5) is 6.22. The molecule has 56 heavy (non-hydrogen) atoms. The van der Waals surface area contributed by atoms with Gasteiger partial charge >= 0.3 is 291 Å². The Morgan fingerprint density at radius 2 is 1.25 bits per heavy atom. The van der Waals surface area contributed by atoms with Crippen molar-refractivity contribution >= 4 is 63.0 Å². The number of hydrogen-bond donors (Lipinski definition) is 0. The van der Waals surface area contributed by atoms with Crippen molar-refractivity contribution < 1.29 is 17.9 Å². The summed E-state index contributed by atoms with van der Waals surface area (Å²) in [5, 5.41) is 14.7. The molecule has 7 heteroatoms. The summed E-state index contributed by atoms with van der Waals surface area (Å²) in [6.45, 7) is 4.21. The molecule has 0 N–H and O–H groups in total. The van der Waals surface area contributed by atoms with Crippen LogP contribution in [0.5, 0.6) is 0 Å². The third kappa shape index (κ3) is 7.36. The van der Waals surface area contributed by atoms with Gasteiger partial charge in [0.05, 0.1) is 0 Å². The molecule has 275 valence electrons. The van der Waals surface area contributed by atoms with Gasteiger partial charge in [0.1, 0.15) is 0 Å². The molecule has 3 heterocycles. The van der Waals surface area contributed by atoms with Crippen molar-refractivity contribution in [3.05, 3.63) is 177 Å². The Bertz CT molecular complexity index is 2670. The molecule has 0 amide bonds.